The van der Waals surface area contributed by atoms with Crippen molar-refractivity contribution in [3.05, 3.63) is 0 Å². The van der Waals surface area contributed by atoms with Gasteiger partial charge in [0.1, 0.15) is 6.71 Å². The van der Waals surface area contributed by atoms with Crippen molar-refractivity contribution in [2.75, 3.05) is 6.16 Å². The standard InChI is InChI=1S/C27H46BP/c1(2-14-28-24-6-4-7-25(28)9-5-8-24)3-15-29(26-18-20-10-12-22(26)16-20)27-19-21-11-13-23(27)17-21/h20-27H,1-19H2/p+1. The third-order valence-corrected chi connectivity index (χ3v) is 15.7. The summed E-state index contributed by atoms with van der Waals surface area (Å²) in [7, 11) is -0.0792. The van der Waals surface area contributed by atoms with E-state index in [9.17, 15) is 0 Å². The highest BCUT2D eigenvalue weighted by Gasteiger charge is 2.54. The van der Waals surface area contributed by atoms with Crippen molar-refractivity contribution >= 4 is 14.6 Å². The van der Waals surface area contributed by atoms with Crippen molar-refractivity contribution in [1.82, 2.24) is 0 Å². The number of unbranched alkanes of at least 4 members (excludes halogenated alkanes) is 2. The average Bonchev–Trinajstić information content (AvgIpc) is 3.52. The van der Waals surface area contributed by atoms with Crippen LogP contribution in [-0.2, 0) is 0 Å². The molecule has 0 aromatic rings. The van der Waals surface area contributed by atoms with Crippen LogP contribution >= 0.6 is 7.92 Å². The molecule has 162 valence electrons. The Labute approximate surface area is 183 Å². The van der Waals surface area contributed by atoms with E-state index in [-0.39, 0.29) is 7.92 Å². The van der Waals surface area contributed by atoms with Crippen molar-refractivity contribution < 1.29 is 0 Å². The van der Waals surface area contributed by atoms with Crippen molar-refractivity contribution in [2.45, 2.75) is 138 Å². The summed E-state index contributed by atoms with van der Waals surface area (Å²) in [5, 5.41) is 0. The van der Waals surface area contributed by atoms with Gasteiger partial charge in [0, 0.05) is 7.92 Å². The number of hydrogen-bond donors (Lipinski definition) is 0. The smallest absolute Gasteiger partial charge is 0.0737 e. The van der Waals surface area contributed by atoms with Gasteiger partial charge in [-0.05, 0) is 81.5 Å². The zero-order valence-electron chi connectivity index (χ0n) is 19.1. The minimum atomic E-state index is -0.0792. The van der Waals surface area contributed by atoms with Crippen LogP contribution in [0.5, 0.6) is 0 Å². The maximum Gasteiger partial charge on any atom is 0.146 e. The second kappa shape index (κ2) is 8.79. The molecular weight excluding hydrogens is 366 g/mol. The van der Waals surface area contributed by atoms with Crippen molar-refractivity contribution in [2.24, 2.45) is 23.7 Å². The molecular formula is C27H47BP+. The molecule has 6 atom stereocenters. The molecule has 0 N–H and O–H groups in total. The topological polar surface area (TPSA) is 0 Å². The van der Waals surface area contributed by atoms with Crippen LogP contribution in [0.4, 0.5) is 0 Å². The second-order valence-corrected chi connectivity index (χ2v) is 15.9. The third kappa shape index (κ3) is 4.03. The summed E-state index contributed by atoms with van der Waals surface area (Å²) in [6, 6.07) is 0. The van der Waals surface area contributed by atoms with Crippen LogP contribution in [0.1, 0.15) is 109 Å². The van der Waals surface area contributed by atoms with Gasteiger partial charge in [-0.15, -0.1) is 0 Å². The number of fused-ring (bicyclic) bond motifs is 6. The number of rotatable bonds is 8. The SMILES string of the molecule is C(CCB1C2CCCC1CCC2)CC[PH+](C1CC2CCC1C2)C1CC2CCC1C2. The van der Waals surface area contributed by atoms with E-state index >= 15 is 0 Å². The predicted molar refractivity (Wildman–Crippen MR) is 131 cm³/mol. The van der Waals surface area contributed by atoms with E-state index in [1.54, 1.807) is 122 Å². The van der Waals surface area contributed by atoms with Gasteiger partial charge in [-0.1, -0.05) is 69.3 Å². The normalized spacial score (nSPS) is 46.6. The van der Waals surface area contributed by atoms with Gasteiger partial charge in [-0.25, -0.2) is 0 Å². The lowest BCUT2D eigenvalue weighted by molar-refractivity contribution is 0.440. The Balaban J connectivity index is 1.01. The maximum absolute atomic E-state index is 1.73. The summed E-state index contributed by atoms with van der Waals surface area (Å²) >= 11 is 0. The highest BCUT2D eigenvalue weighted by molar-refractivity contribution is 7.59. The van der Waals surface area contributed by atoms with E-state index in [1.807, 2.05) is 0 Å². The monoisotopic (exact) mass is 413 g/mol. The average molecular weight is 413 g/mol. The molecule has 4 saturated carbocycles. The van der Waals surface area contributed by atoms with E-state index in [0.717, 1.165) is 18.3 Å². The molecule has 6 bridgehead atoms. The van der Waals surface area contributed by atoms with Gasteiger partial charge < -0.3 is 0 Å². The molecule has 0 nitrogen and oxygen atoms in total. The fourth-order valence-corrected chi connectivity index (χ4v) is 15.3. The first kappa shape index (κ1) is 20.1. The van der Waals surface area contributed by atoms with Crippen LogP contribution in [0, 0.1) is 23.7 Å². The maximum atomic E-state index is 1.73. The first-order valence-electron chi connectivity index (χ1n) is 14.2. The van der Waals surface area contributed by atoms with Gasteiger partial charge in [-0.2, -0.15) is 0 Å². The molecule has 0 amide bonds. The van der Waals surface area contributed by atoms with Crippen LogP contribution in [0.3, 0.4) is 0 Å². The van der Waals surface area contributed by atoms with Crippen molar-refractivity contribution in [1.29, 1.82) is 0 Å². The Hall–Kier alpha value is 0.495. The fourth-order valence-electron chi connectivity index (χ4n) is 10.2. The summed E-state index contributed by atoms with van der Waals surface area (Å²) < 4.78 is 0. The van der Waals surface area contributed by atoms with Crippen LogP contribution in [-0.4, -0.2) is 24.2 Å². The van der Waals surface area contributed by atoms with Gasteiger partial charge in [0.05, 0.1) is 17.5 Å². The van der Waals surface area contributed by atoms with Gasteiger partial charge in [0.2, 0.25) is 0 Å². The predicted octanol–water partition coefficient (Wildman–Crippen LogP) is 8.35. The summed E-state index contributed by atoms with van der Waals surface area (Å²) in [5.41, 5.74) is 2.53. The molecule has 4 aliphatic carbocycles. The molecule has 6 unspecified atom stereocenters. The molecule has 2 saturated heterocycles. The quantitative estimate of drug-likeness (QED) is 0.213. The third-order valence-electron chi connectivity index (χ3n) is 11.4. The molecule has 2 aliphatic heterocycles. The summed E-state index contributed by atoms with van der Waals surface area (Å²) in [6.07, 6.45) is 30.8. The van der Waals surface area contributed by atoms with E-state index < -0.39 is 0 Å². The summed E-state index contributed by atoms with van der Waals surface area (Å²) in [6.45, 7) is 1.15. The molecule has 0 aromatic heterocycles. The molecule has 0 spiro atoms. The Morgan fingerprint density at radius 1 is 0.586 bits per heavy atom. The zero-order chi connectivity index (χ0) is 19.2. The largest absolute Gasteiger partial charge is 0.146 e. The van der Waals surface area contributed by atoms with Crippen molar-refractivity contribution in [3.8, 4) is 0 Å². The van der Waals surface area contributed by atoms with E-state index in [2.05, 4.69) is 0 Å². The van der Waals surface area contributed by atoms with E-state index in [1.165, 1.54) is 35.0 Å². The lowest BCUT2D eigenvalue weighted by atomic mass is 9.26. The molecule has 2 heterocycles. The van der Waals surface area contributed by atoms with Gasteiger partial charge in [0.25, 0.3) is 0 Å². The molecule has 6 aliphatic rings. The first-order valence-corrected chi connectivity index (χ1v) is 16.1. The van der Waals surface area contributed by atoms with E-state index in [0.29, 0.717) is 0 Å². The lowest BCUT2D eigenvalue weighted by Crippen LogP contribution is -2.34. The van der Waals surface area contributed by atoms with Crippen LogP contribution < -0.4 is 0 Å². The van der Waals surface area contributed by atoms with Crippen LogP contribution in [0.25, 0.3) is 0 Å². The number of hydrogen-bond acceptors (Lipinski definition) is 0. The van der Waals surface area contributed by atoms with E-state index in [4.69, 9.17) is 0 Å². The zero-order valence-corrected chi connectivity index (χ0v) is 20.1. The first-order chi connectivity index (χ1) is 14.3. The molecule has 6 rings (SSSR count). The Morgan fingerprint density at radius 2 is 1.17 bits per heavy atom. The summed E-state index contributed by atoms with van der Waals surface area (Å²) in [4.78, 5) is 0. The Morgan fingerprint density at radius 3 is 1.66 bits per heavy atom. The second-order valence-electron chi connectivity index (χ2n) is 12.8. The van der Waals surface area contributed by atoms with Gasteiger partial charge in [0.15, 0.2) is 0 Å². The molecule has 29 heavy (non-hydrogen) atoms. The molecule has 2 heteroatoms. The van der Waals surface area contributed by atoms with Crippen molar-refractivity contribution in [3.63, 3.8) is 0 Å². The fraction of sp³-hybridized carbons (Fsp3) is 1.00. The highest BCUT2D eigenvalue weighted by atomic mass is 31.1. The lowest BCUT2D eigenvalue weighted by Gasteiger charge is -2.40. The molecule has 0 aromatic carbocycles. The minimum Gasteiger partial charge on any atom is -0.0737 e. The van der Waals surface area contributed by atoms with Crippen LogP contribution in [0.15, 0.2) is 0 Å². The Kier molecular flexibility index (Phi) is 6.10. The minimum absolute atomic E-state index is 0.0792. The van der Waals surface area contributed by atoms with Crippen LogP contribution in [0.2, 0.25) is 18.0 Å². The summed E-state index contributed by atoms with van der Waals surface area (Å²) in [5.74, 6) is 7.04. The Bertz CT molecular complexity index is 513. The molecule has 6 fully saturated rings. The van der Waals surface area contributed by atoms with Gasteiger partial charge >= 0.3 is 0 Å². The van der Waals surface area contributed by atoms with Gasteiger partial charge in [-0.3, -0.25) is 0 Å². The highest BCUT2D eigenvalue weighted by Crippen LogP contribution is 2.67. The molecule has 0 radical (unpaired) electrons.